The molecule has 0 aliphatic heterocycles. The van der Waals surface area contributed by atoms with Crippen molar-refractivity contribution in [1.82, 2.24) is 4.98 Å². The Bertz CT molecular complexity index is 1060. The van der Waals surface area contributed by atoms with Gasteiger partial charge in [0, 0.05) is 17.6 Å². The van der Waals surface area contributed by atoms with Crippen LogP contribution in [-0.2, 0) is 9.84 Å². The molecule has 3 rings (SSSR count). The summed E-state index contributed by atoms with van der Waals surface area (Å²) in [7, 11) is -2.45. The Morgan fingerprint density at radius 2 is 1.74 bits per heavy atom. The predicted octanol–water partition coefficient (Wildman–Crippen LogP) is 4.62. The summed E-state index contributed by atoms with van der Waals surface area (Å²) in [5.41, 5.74) is 0.421. The molecule has 1 aromatic heterocycles. The third kappa shape index (κ3) is 3.94. The van der Waals surface area contributed by atoms with Crippen molar-refractivity contribution in [3.05, 3.63) is 88.7 Å². The smallest absolute Gasteiger partial charge is 0.191 e. The number of anilines is 1. The molecule has 3 aromatic rings. The molecule has 0 bridgehead atoms. The van der Waals surface area contributed by atoms with Gasteiger partial charge in [-0.05, 0) is 54.6 Å². The summed E-state index contributed by atoms with van der Waals surface area (Å²) < 4.78 is 54.8. The molecule has 2 aromatic carbocycles. The zero-order chi connectivity index (χ0) is 19.6. The van der Waals surface area contributed by atoms with E-state index in [4.69, 9.17) is 11.6 Å². The summed E-state index contributed by atoms with van der Waals surface area (Å²) in [5.74, 6) is -1.58. The number of pyridine rings is 1. The number of sulfone groups is 1. The fourth-order valence-electron chi connectivity index (χ4n) is 2.67. The maximum absolute atomic E-state index is 14.5. The van der Waals surface area contributed by atoms with Crippen molar-refractivity contribution < 1.29 is 17.2 Å². The second-order valence-electron chi connectivity index (χ2n) is 5.77. The van der Waals surface area contributed by atoms with Crippen LogP contribution >= 0.6 is 11.6 Å². The van der Waals surface area contributed by atoms with Gasteiger partial charge in [-0.15, -0.1) is 0 Å². The molecule has 0 fully saturated rings. The average Bonchev–Trinajstić information content (AvgIpc) is 2.65. The van der Waals surface area contributed by atoms with Crippen LogP contribution in [-0.4, -0.2) is 20.4 Å². The lowest BCUT2D eigenvalue weighted by Crippen LogP contribution is -2.18. The molecule has 0 amide bonds. The first-order chi connectivity index (χ1) is 12.8. The zero-order valence-electron chi connectivity index (χ0n) is 14.2. The highest BCUT2D eigenvalue weighted by Gasteiger charge is 2.34. The van der Waals surface area contributed by atoms with E-state index in [0.29, 0.717) is 10.7 Å². The zero-order valence-corrected chi connectivity index (χ0v) is 15.7. The molecule has 0 radical (unpaired) electrons. The molecule has 1 heterocycles. The van der Waals surface area contributed by atoms with Crippen LogP contribution < -0.4 is 5.32 Å². The van der Waals surface area contributed by atoms with Crippen molar-refractivity contribution in [2.24, 2.45) is 0 Å². The number of nitrogens with one attached hydrogen (secondary N) is 1. The topological polar surface area (TPSA) is 59.1 Å². The number of hydrogen-bond donors (Lipinski definition) is 1. The molecule has 0 saturated heterocycles. The fourth-order valence-corrected chi connectivity index (χ4v) is 4.56. The first-order valence-corrected chi connectivity index (χ1v) is 9.83. The van der Waals surface area contributed by atoms with Gasteiger partial charge in [-0.2, -0.15) is 0 Å². The van der Waals surface area contributed by atoms with Gasteiger partial charge in [-0.1, -0.05) is 11.6 Å². The Hall–Kier alpha value is -2.51. The van der Waals surface area contributed by atoms with Gasteiger partial charge in [0.15, 0.2) is 9.84 Å². The van der Waals surface area contributed by atoms with Crippen molar-refractivity contribution in [3.8, 4) is 0 Å². The molecule has 1 unspecified atom stereocenters. The molecule has 27 heavy (non-hydrogen) atoms. The molecule has 1 N–H and O–H groups in total. The summed E-state index contributed by atoms with van der Waals surface area (Å²) in [4.78, 5) is 4.08. The van der Waals surface area contributed by atoms with Gasteiger partial charge in [-0.3, -0.25) is 4.98 Å². The van der Waals surface area contributed by atoms with Crippen LogP contribution in [0.5, 0.6) is 0 Å². The second kappa shape index (κ2) is 7.62. The summed E-state index contributed by atoms with van der Waals surface area (Å²) in [5, 5.41) is 1.72. The molecule has 1 atom stereocenters. The summed E-state index contributed by atoms with van der Waals surface area (Å²) in [6, 6.07) is 11.3. The summed E-state index contributed by atoms with van der Waals surface area (Å²) >= 11 is 5.83. The van der Waals surface area contributed by atoms with E-state index in [2.05, 4.69) is 10.3 Å². The summed E-state index contributed by atoms with van der Waals surface area (Å²) in [6.45, 7) is 0. The van der Waals surface area contributed by atoms with Gasteiger partial charge in [0.25, 0.3) is 0 Å². The van der Waals surface area contributed by atoms with Gasteiger partial charge in [0.1, 0.15) is 16.9 Å². The van der Waals surface area contributed by atoms with Crippen molar-refractivity contribution in [2.45, 2.75) is 10.1 Å². The fraction of sp³-hybridized carbons (Fsp3) is 0.105. The maximum Gasteiger partial charge on any atom is 0.191 e. The molecule has 0 aliphatic carbocycles. The Morgan fingerprint density at radius 1 is 1.04 bits per heavy atom. The van der Waals surface area contributed by atoms with E-state index in [0.717, 1.165) is 18.2 Å². The Morgan fingerprint density at radius 3 is 2.33 bits per heavy atom. The maximum atomic E-state index is 14.5. The highest BCUT2D eigenvalue weighted by atomic mass is 35.5. The molecule has 8 heteroatoms. The van der Waals surface area contributed by atoms with Gasteiger partial charge in [0.05, 0.1) is 22.5 Å². The highest BCUT2D eigenvalue weighted by Crippen LogP contribution is 2.36. The summed E-state index contributed by atoms with van der Waals surface area (Å²) in [6.07, 6.45) is 1.43. The Kier molecular flexibility index (Phi) is 5.43. The van der Waals surface area contributed by atoms with Gasteiger partial charge in [-0.25, -0.2) is 17.2 Å². The van der Waals surface area contributed by atoms with Gasteiger partial charge >= 0.3 is 0 Å². The molecular formula is C19H15ClF2N2O2S. The number of hydrogen-bond acceptors (Lipinski definition) is 4. The predicted molar refractivity (Wildman–Crippen MR) is 101 cm³/mol. The lowest BCUT2D eigenvalue weighted by Gasteiger charge is -2.19. The lowest BCUT2D eigenvalue weighted by atomic mass is 10.1. The number of rotatable bonds is 5. The van der Waals surface area contributed by atoms with Gasteiger partial charge in [0.2, 0.25) is 0 Å². The van der Waals surface area contributed by atoms with Crippen LogP contribution in [0.3, 0.4) is 0 Å². The molecular weight excluding hydrogens is 394 g/mol. The van der Waals surface area contributed by atoms with Crippen LogP contribution in [0.15, 0.2) is 65.7 Å². The van der Waals surface area contributed by atoms with E-state index < -0.39 is 26.7 Å². The van der Waals surface area contributed by atoms with Crippen molar-refractivity contribution in [3.63, 3.8) is 0 Å². The highest BCUT2D eigenvalue weighted by molar-refractivity contribution is 7.91. The first-order valence-electron chi connectivity index (χ1n) is 7.91. The number of nitrogens with zero attached hydrogens (tertiary/aromatic N) is 1. The van der Waals surface area contributed by atoms with E-state index in [9.17, 15) is 17.2 Å². The minimum absolute atomic E-state index is 0.0694. The number of aromatic nitrogens is 1. The lowest BCUT2D eigenvalue weighted by molar-refractivity contribution is 0.568. The van der Waals surface area contributed by atoms with E-state index >= 15 is 0 Å². The monoisotopic (exact) mass is 408 g/mol. The van der Waals surface area contributed by atoms with Crippen LogP contribution in [0.25, 0.3) is 0 Å². The van der Waals surface area contributed by atoms with E-state index in [-0.39, 0.29) is 16.2 Å². The van der Waals surface area contributed by atoms with Crippen LogP contribution in [0, 0.1) is 11.6 Å². The molecule has 4 nitrogen and oxygen atoms in total. The SMILES string of the molecule is CNc1ccc(C(c2cc(F)ccc2F)S(=O)(=O)c2ccc(Cl)cc2)nc1. The quantitative estimate of drug-likeness (QED) is 0.669. The average molecular weight is 409 g/mol. The minimum atomic E-state index is -4.13. The molecule has 0 spiro atoms. The number of halogens is 3. The normalized spacial score (nSPS) is 12.6. The molecule has 140 valence electrons. The van der Waals surface area contributed by atoms with Crippen LogP contribution in [0.4, 0.5) is 14.5 Å². The standard InChI is InChI=1S/C19H15ClF2N2O2S/c1-23-14-5-9-18(24-11-14)19(16-10-13(21)4-8-17(16)22)27(25,26)15-6-2-12(20)3-7-15/h2-11,19,23H,1H3. The van der Waals surface area contributed by atoms with E-state index in [1.54, 1.807) is 13.1 Å². The van der Waals surface area contributed by atoms with Crippen molar-refractivity contribution >= 4 is 27.1 Å². The van der Waals surface area contributed by atoms with E-state index in [1.807, 2.05) is 0 Å². The number of benzene rings is 2. The second-order valence-corrected chi connectivity index (χ2v) is 8.24. The Balaban J connectivity index is 2.23. The van der Waals surface area contributed by atoms with Crippen LogP contribution in [0.1, 0.15) is 16.5 Å². The van der Waals surface area contributed by atoms with Gasteiger partial charge < -0.3 is 5.32 Å². The van der Waals surface area contributed by atoms with Crippen molar-refractivity contribution in [2.75, 3.05) is 12.4 Å². The van der Waals surface area contributed by atoms with E-state index in [1.165, 1.54) is 36.5 Å². The largest absolute Gasteiger partial charge is 0.387 e. The third-order valence-corrected chi connectivity index (χ3v) is 6.33. The first kappa shape index (κ1) is 19.3. The van der Waals surface area contributed by atoms with Crippen LogP contribution in [0.2, 0.25) is 5.02 Å². The third-order valence-electron chi connectivity index (χ3n) is 4.04. The molecule has 0 aliphatic rings. The molecule has 0 saturated carbocycles. The Labute approximate surface area is 160 Å². The minimum Gasteiger partial charge on any atom is -0.387 e. The van der Waals surface area contributed by atoms with Crippen molar-refractivity contribution in [1.29, 1.82) is 0 Å².